The van der Waals surface area contributed by atoms with Gasteiger partial charge in [-0.1, -0.05) is 44.2 Å². The maximum atomic E-state index is 4.28. The highest BCUT2D eigenvalue weighted by Gasteiger charge is 2.48. The van der Waals surface area contributed by atoms with Crippen molar-refractivity contribution in [3.63, 3.8) is 0 Å². The van der Waals surface area contributed by atoms with Gasteiger partial charge >= 0.3 is 0 Å². The molecule has 0 amide bonds. The molecule has 4 nitrogen and oxygen atoms in total. The SMILES string of the molecule is CC1(C)[C@@H](NCCn2cnnc2C2CC2)C[C@@H]1c1ccccc1. The molecule has 23 heavy (non-hydrogen) atoms. The van der Waals surface area contributed by atoms with Gasteiger partial charge in [0.2, 0.25) is 0 Å². The fraction of sp³-hybridized carbons (Fsp3) is 0.579. The van der Waals surface area contributed by atoms with E-state index in [4.69, 9.17) is 0 Å². The summed E-state index contributed by atoms with van der Waals surface area (Å²) in [5.74, 6) is 2.51. The summed E-state index contributed by atoms with van der Waals surface area (Å²) < 4.78 is 2.23. The summed E-state index contributed by atoms with van der Waals surface area (Å²) in [6, 6.07) is 11.5. The topological polar surface area (TPSA) is 42.7 Å². The lowest BCUT2D eigenvalue weighted by Crippen LogP contribution is -2.55. The summed E-state index contributed by atoms with van der Waals surface area (Å²) in [4.78, 5) is 0. The molecule has 2 aliphatic rings. The molecule has 1 aromatic carbocycles. The normalized spacial score (nSPS) is 26.0. The van der Waals surface area contributed by atoms with Crippen LogP contribution in [0.4, 0.5) is 0 Å². The number of nitrogens with zero attached hydrogens (tertiary/aromatic N) is 3. The molecule has 0 spiro atoms. The van der Waals surface area contributed by atoms with Gasteiger partial charge < -0.3 is 9.88 Å². The molecular formula is C19H26N4. The van der Waals surface area contributed by atoms with Gasteiger partial charge in [0.05, 0.1) is 0 Å². The minimum atomic E-state index is 0.313. The molecule has 1 N–H and O–H groups in total. The van der Waals surface area contributed by atoms with Crippen LogP contribution in [0.15, 0.2) is 36.7 Å². The van der Waals surface area contributed by atoms with Gasteiger partial charge in [-0.15, -0.1) is 10.2 Å². The quantitative estimate of drug-likeness (QED) is 0.890. The van der Waals surface area contributed by atoms with Crippen molar-refractivity contribution in [3.8, 4) is 0 Å². The Bertz CT molecular complexity index is 657. The second-order valence-corrected chi connectivity index (χ2v) is 7.68. The molecule has 2 saturated carbocycles. The van der Waals surface area contributed by atoms with E-state index < -0.39 is 0 Å². The van der Waals surface area contributed by atoms with Crippen LogP contribution >= 0.6 is 0 Å². The Labute approximate surface area is 138 Å². The van der Waals surface area contributed by atoms with Crippen molar-refractivity contribution in [2.45, 2.75) is 57.5 Å². The molecule has 2 atom stereocenters. The highest BCUT2D eigenvalue weighted by Crippen LogP contribution is 2.52. The van der Waals surface area contributed by atoms with E-state index in [0.29, 0.717) is 23.3 Å². The Kier molecular flexibility index (Phi) is 3.72. The standard InChI is InChI=1S/C19H26N4/c1-19(2)16(14-6-4-3-5-7-14)12-17(19)20-10-11-23-13-21-22-18(23)15-8-9-15/h3-7,13,15-17,20H,8-12H2,1-2H3/t16-,17+/m1/s1. The predicted octanol–water partition coefficient (Wildman–Crippen LogP) is 3.33. The van der Waals surface area contributed by atoms with Gasteiger partial charge in [0.1, 0.15) is 12.2 Å². The summed E-state index contributed by atoms with van der Waals surface area (Å²) >= 11 is 0. The van der Waals surface area contributed by atoms with Crippen molar-refractivity contribution in [2.24, 2.45) is 5.41 Å². The molecule has 1 heterocycles. The fourth-order valence-electron chi connectivity index (χ4n) is 3.98. The lowest BCUT2D eigenvalue weighted by Gasteiger charge is -2.53. The maximum absolute atomic E-state index is 4.28. The molecule has 122 valence electrons. The minimum Gasteiger partial charge on any atom is -0.316 e. The zero-order valence-corrected chi connectivity index (χ0v) is 14.1. The Morgan fingerprint density at radius 2 is 2.00 bits per heavy atom. The van der Waals surface area contributed by atoms with E-state index in [-0.39, 0.29) is 0 Å². The number of benzene rings is 1. The molecule has 2 fully saturated rings. The van der Waals surface area contributed by atoms with Crippen LogP contribution in [0.5, 0.6) is 0 Å². The number of aromatic nitrogens is 3. The van der Waals surface area contributed by atoms with Gasteiger partial charge in [-0.3, -0.25) is 0 Å². The van der Waals surface area contributed by atoms with Crippen LogP contribution in [-0.4, -0.2) is 27.4 Å². The number of rotatable bonds is 6. The van der Waals surface area contributed by atoms with Crippen molar-refractivity contribution in [3.05, 3.63) is 48.0 Å². The molecule has 4 heteroatoms. The second kappa shape index (κ2) is 5.75. The van der Waals surface area contributed by atoms with Crippen LogP contribution in [-0.2, 0) is 6.54 Å². The molecule has 0 saturated heterocycles. The Morgan fingerprint density at radius 1 is 1.22 bits per heavy atom. The van der Waals surface area contributed by atoms with Crippen LogP contribution in [0.25, 0.3) is 0 Å². The summed E-state index contributed by atoms with van der Waals surface area (Å²) in [7, 11) is 0. The average molecular weight is 310 g/mol. The van der Waals surface area contributed by atoms with Gasteiger partial charge in [0.25, 0.3) is 0 Å². The van der Waals surface area contributed by atoms with Crippen LogP contribution in [0.1, 0.15) is 56.3 Å². The summed E-state index contributed by atoms with van der Waals surface area (Å²) in [5.41, 5.74) is 1.79. The van der Waals surface area contributed by atoms with Gasteiger partial charge in [-0.2, -0.15) is 0 Å². The number of hydrogen-bond donors (Lipinski definition) is 1. The van der Waals surface area contributed by atoms with Crippen molar-refractivity contribution in [2.75, 3.05) is 6.54 Å². The van der Waals surface area contributed by atoms with E-state index in [1.54, 1.807) is 0 Å². The smallest absolute Gasteiger partial charge is 0.135 e. The highest BCUT2D eigenvalue weighted by molar-refractivity contribution is 5.27. The van der Waals surface area contributed by atoms with Crippen molar-refractivity contribution in [1.29, 1.82) is 0 Å². The number of nitrogens with one attached hydrogen (secondary N) is 1. The molecule has 0 aliphatic heterocycles. The van der Waals surface area contributed by atoms with Gasteiger partial charge in [-0.05, 0) is 36.2 Å². The van der Waals surface area contributed by atoms with Crippen molar-refractivity contribution < 1.29 is 0 Å². The van der Waals surface area contributed by atoms with Crippen molar-refractivity contribution >= 4 is 0 Å². The summed E-state index contributed by atoms with van der Waals surface area (Å²) in [6.45, 7) is 6.75. The van der Waals surface area contributed by atoms with E-state index in [1.165, 1.54) is 30.7 Å². The van der Waals surface area contributed by atoms with E-state index in [1.807, 2.05) is 6.33 Å². The molecule has 4 rings (SSSR count). The van der Waals surface area contributed by atoms with Gasteiger partial charge in [0, 0.05) is 25.0 Å². The van der Waals surface area contributed by atoms with E-state index in [9.17, 15) is 0 Å². The molecule has 0 unspecified atom stereocenters. The highest BCUT2D eigenvalue weighted by atomic mass is 15.3. The Morgan fingerprint density at radius 3 is 2.70 bits per heavy atom. The molecule has 2 aromatic rings. The Hall–Kier alpha value is -1.68. The van der Waals surface area contributed by atoms with E-state index >= 15 is 0 Å². The van der Waals surface area contributed by atoms with Crippen LogP contribution in [0.3, 0.4) is 0 Å². The first-order chi connectivity index (χ1) is 11.2. The van der Waals surface area contributed by atoms with E-state index in [2.05, 4.69) is 64.3 Å². The fourth-order valence-corrected chi connectivity index (χ4v) is 3.98. The first-order valence-corrected chi connectivity index (χ1v) is 8.82. The van der Waals surface area contributed by atoms with E-state index in [0.717, 1.165) is 13.1 Å². The first kappa shape index (κ1) is 14.9. The maximum Gasteiger partial charge on any atom is 0.135 e. The zero-order chi connectivity index (χ0) is 15.9. The summed E-state index contributed by atoms with van der Waals surface area (Å²) in [5, 5.41) is 12.1. The van der Waals surface area contributed by atoms with Gasteiger partial charge in [-0.25, -0.2) is 0 Å². The average Bonchev–Trinajstić information content (AvgIpc) is 3.30. The van der Waals surface area contributed by atoms with Crippen LogP contribution in [0, 0.1) is 5.41 Å². The lowest BCUT2D eigenvalue weighted by molar-refractivity contribution is 0.0686. The molecule has 1 aromatic heterocycles. The molecule has 0 radical (unpaired) electrons. The van der Waals surface area contributed by atoms with Crippen LogP contribution in [0.2, 0.25) is 0 Å². The molecule has 0 bridgehead atoms. The third kappa shape index (κ3) is 2.80. The van der Waals surface area contributed by atoms with Crippen molar-refractivity contribution in [1.82, 2.24) is 20.1 Å². The molecule has 2 aliphatic carbocycles. The van der Waals surface area contributed by atoms with Gasteiger partial charge in [0.15, 0.2) is 0 Å². The lowest BCUT2D eigenvalue weighted by atomic mass is 9.56. The predicted molar refractivity (Wildman–Crippen MR) is 91.4 cm³/mol. The second-order valence-electron chi connectivity index (χ2n) is 7.68. The zero-order valence-electron chi connectivity index (χ0n) is 14.1. The first-order valence-electron chi connectivity index (χ1n) is 8.82. The third-order valence-corrected chi connectivity index (χ3v) is 5.80. The molecular weight excluding hydrogens is 284 g/mol. The Balaban J connectivity index is 1.31. The third-order valence-electron chi connectivity index (χ3n) is 5.80. The summed E-state index contributed by atoms with van der Waals surface area (Å²) in [6.07, 6.45) is 5.67. The minimum absolute atomic E-state index is 0.313. The van der Waals surface area contributed by atoms with Crippen LogP contribution < -0.4 is 5.32 Å². The monoisotopic (exact) mass is 310 g/mol. The number of hydrogen-bond acceptors (Lipinski definition) is 3. The largest absolute Gasteiger partial charge is 0.316 e.